The van der Waals surface area contributed by atoms with Crippen LogP contribution in [-0.4, -0.2) is 89.1 Å². The van der Waals surface area contributed by atoms with Crippen LogP contribution in [0.15, 0.2) is 0 Å². The number of hydrogen-bond donors (Lipinski definition) is 4. The zero-order chi connectivity index (χ0) is 26.8. The first-order chi connectivity index (χ1) is 15.7. The van der Waals surface area contributed by atoms with E-state index < -0.39 is 17.4 Å². The van der Waals surface area contributed by atoms with Crippen LogP contribution in [0.2, 0.25) is 0 Å². The minimum atomic E-state index is -0.833. The lowest BCUT2D eigenvalue weighted by Gasteiger charge is -2.36. The molecule has 0 aromatic rings. The maximum Gasteiger partial charge on any atom is 0.317 e. The van der Waals surface area contributed by atoms with Crippen LogP contribution in [0.25, 0.3) is 0 Å². The van der Waals surface area contributed by atoms with Crippen molar-refractivity contribution in [3.8, 4) is 0 Å². The van der Waals surface area contributed by atoms with Crippen molar-refractivity contribution in [3.63, 3.8) is 0 Å². The third-order valence-corrected chi connectivity index (χ3v) is 5.76. The lowest BCUT2D eigenvalue weighted by atomic mass is 9.85. The Hall–Kier alpha value is -2.36. The summed E-state index contributed by atoms with van der Waals surface area (Å²) in [6.45, 7) is 17.9. The number of carboxylic acids is 1. The lowest BCUT2D eigenvalue weighted by molar-refractivity contribution is -0.140. The number of carbonyl (C=O) groups excluding carboxylic acids is 3. The van der Waals surface area contributed by atoms with Gasteiger partial charge in [-0.3, -0.25) is 14.4 Å². The fraction of sp³-hybridized carbons (Fsp3) is 0.833. The first kappa shape index (κ1) is 31.6. The van der Waals surface area contributed by atoms with Gasteiger partial charge in [0.15, 0.2) is 0 Å². The Morgan fingerprint density at radius 1 is 0.912 bits per heavy atom. The van der Waals surface area contributed by atoms with Crippen molar-refractivity contribution in [2.24, 2.45) is 5.41 Å². The van der Waals surface area contributed by atoms with E-state index in [1.54, 1.807) is 14.0 Å². The number of hydrogen-bond acceptors (Lipinski definition) is 5. The molecule has 2 aliphatic rings. The monoisotopic (exact) mass is 485 g/mol. The molecule has 3 unspecified atom stereocenters. The molecule has 4 amide bonds. The fourth-order valence-corrected chi connectivity index (χ4v) is 4.05. The number of nitrogens with one attached hydrogen (secondary N) is 3. The van der Waals surface area contributed by atoms with Crippen LogP contribution in [0.4, 0.5) is 4.79 Å². The highest BCUT2D eigenvalue weighted by Crippen LogP contribution is 2.33. The lowest BCUT2D eigenvalue weighted by Crippen LogP contribution is -2.58. The molecule has 0 spiro atoms. The van der Waals surface area contributed by atoms with E-state index in [1.807, 2.05) is 58.3 Å². The van der Waals surface area contributed by atoms with Crippen LogP contribution in [0, 0.1) is 5.41 Å². The minimum absolute atomic E-state index is 0.0221. The van der Waals surface area contributed by atoms with Gasteiger partial charge in [-0.05, 0) is 46.1 Å². The predicted octanol–water partition coefficient (Wildman–Crippen LogP) is 2.04. The van der Waals surface area contributed by atoms with Crippen LogP contribution in [0.3, 0.4) is 0 Å². The second-order valence-electron chi connectivity index (χ2n) is 9.88. The van der Waals surface area contributed by atoms with Crippen molar-refractivity contribution in [3.05, 3.63) is 0 Å². The Labute approximate surface area is 205 Å². The average molecular weight is 486 g/mol. The number of carbonyl (C=O) groups is 4. The number of amides is 4. The van der Waals surface area contributed by atoms with Crippen molar-refractivity contribution in [1.29, 1.82) is 0 Å². The fourth-order valence-electron chi connectivity index (χ4n) is 4.05. The predicted molar refractivity (Wildman–Crippen MR) is 133 cm³/mol. The molecular weight excluding hydrogens is 438 g/mol. The maximum atomic E-state index is 13.4. The molecule has 0 aromatic carbocycles. The Kier molecular flexibility index (Phi) is 13.2. The highest BCUT2D eigenvalue weighted by molar-refractivity contribution is 5.90. The van der Waals surface area contributed by atoms with Gasteiger partial charge in [-0.15, -0.1) is 0 Å². The smallest absolute Gasteiger partial charge is 0.317 e. The van der Waals surface area contributed by atoms with Crippen LogP contribution >= 0.6 is 0 Å². The molecule has 2 rings (SSSR count). The summed E-state index contributed by atoms with van der Waals surface area (Å²) in [6, 6.07) is -0.872. The number of urea groups is 1. The second kappa shape index (κ2) is 14.1. The summed E-state index contributed by atoms with van der Waals surface area (Å²) in [7, 11) is 1.72. The Morgan fingerprint density at radius 3 is 1.76 bits per heavy atom. The summed E-state index contributed by atoms with van der Waals surface area (Å²) >= 11 is 0. The van der Waals surface area contributed by atoms with E-state index >= 15 is 0 Å². The highest BCUT2D eigenvalue weighted by Gasteiger charge is 2.48. The summed E-state index contributed by atoms with van der Waals surface area (Å²) in [5.41, 5.74) is -0.411. The molecule has 0 saturated carbocycles. The van der Waals surface area contributed by atoms with Crippen LogP contribution in [-0.2, 0) is 14.4 Å². The van der Waals surface area contributed by atoms with Crippen molar-refractivity contribution in [1.82, 2.24) is 25.8 Å². The molecule has 10 nitrogen and oxygen atoms in total. The number of fused-ring (bicyclic) bond motifs is 1. The molecular formula is C24H47N5O5. The third kappa shape index (κ3) is 9.12. The SMILES string of the molecule is CC.CC(=O)O.CN[C@@H](C)C(=O)NC(C(=O)N1CCC2C1CCN2C(=O)NC(C)C)C(C)(C)C. The number of carboxylic acid groups (broad SMARTS) is 1. The first-order valence-electron chi connectivity index (χ1n) is 12.3. The summed E-state index contributed by atoms with van der Waals surface area (Å²) in [6.07, 6.45) is 1.55. The second-order valence-corrected chi connectivity index (χ2v) is 9.88. The van der Waals surface area contributed by atoms with Gasteiger partial charge in [-0.2, -0.15) is 0 Å². The standard InChI is InChI=1S/C20H37N5O3.C2H4O2.C2H6/c1-12(2)22-19(28)25-11-9-14-15(25)8-10-24(14)18(27)16(20(4,5)6)23-17(26)13(3)21-7;1-2(3)4;1-2/h12-16,21H,8-11H2,1-7H3,(H,22,28)(H,23,26);1H3,(H,3,4);1-2H3/t13-,14?,15?,16?;;/m0../s1. The molecule has 2 fully saturated rings. The van der Waals surface area contributed by atoms with Crippen molar-refractivity contribution >= 4 is 23.8 Å². The molecule has 4 N–H and O–H groups in total. The average Bonchev–Trinajstić information content (AvgIpc) is 3.32. The van der Waals surface area contributed by atoms with Crippen LogP contribution in [0.5, 0.6) is 0 Å². The third-order valence-electron chi connectivity index (χ3n) is 5.76. The van der Waals surface area contributed by atoms with Gasteiger partial charge in [-0.1, -0.05) is 34.6 Å². The number of aliphatic carboxylic acids is 1. The summed E-state index contributed by atoms with van der Waals surface area (Å²) in [4.78, 5) is 51.0. The number of nitrogens with zero attached hydrogens (tertiary/aromatic N) is 2. The quantitative estimate of drug-likeness (QED) is 0.471. The van der Waals surface area contributed by atoms with Crippen molar-refractivity contribution in [2.45, 2.75) is 105 Å². The Bertz CT molecular complexity index is 688. The molecule has 0 aromatic heterocycles. The number of likely N-dealkylation sites (N-methyl/N-ethyl adjacent to an activating group) is 1. The molecule has 4 atom stereocenters. The Balaban J connectivity index is 0.00000164. The van der Waals surface area contributed by atoms with Crippen LogP contribution in [0.1, 0.15) is 75.2 Å². The van der Waals surface area contributed by atoms with Gasteiger partial charge in [0, 0.05) is 26.1 Å². The van der Waals surface area contributed by atoms with E-state index in [4.69, 9.17) is 9.90 Å². The normalized spacial score (nSPS) is 20.8. The minimum Gasteiger partial charge on any atom is -0.481 e. The van der Waals surface area contributed by atoms with Gasteiger partial charge in [0.05, 0.1) is 18.1 Å². The molecule has 198 valence electrons. The van der Waals surface area contributed by atoms with Crippen molar-refractivity contribution in [2.75, 3.05) is 20.1 Å². The van der Waals surface area contributed by atoms with Gasteiger partial charge < -0.3 is 30.9 Å². The topological polar surface area (TPSA) is 131 Å². The number of rotatable bonds is 5. The van der Waals surface area contributed by atoms with E-state index in [-0.39, 0.29) is 42.0 Å². The van der Waals surface area contributed by atoms with E-state index in [0.29, 0.717) is 13.1 Å². The molecule has 10 heteroatoms. The number of likely N-dealkylation sites (tertiary alicyclic amines) is 2. The summed E-state index contributed by atoms with van der Waals surface area (Å²) in [5, 5.41) is 16.2. The maximum absolute atomic E-state index is 13.4. The Morgan fingerprint density at radius 2 is 1.35 bits per heavy atom. The molecule has 2 heterocycles. The largest absolute Gasteiger partial charge is 0.481 e. The highest BCUT2D eigenvalue weighted by atomic mass is 16.4. The molecule has 34 heavy (non-hydrogen) atoms. The first-order valence-corrected chi connectivity index (χ1v) is 12.3. The van der Waals surface area contributed by atoms with Gasteiger partial charge in [0.25, 0.3) is 5.97 Å². The molecule has 2 aliphatic heterocycles. The zero-order valence-corrected chi connectivity index (χ0v) is 22.7. The van der Waals surface area contributed by atoms with Crippen molar-refractivity contribution < 1.29 is 24.3 Å². The van der Waals surface area contributed by atoms with E-state index in [9.17, 15) is 14.4 Å². The molecule has 0 aliphatic carbocycles. The van der Waals surface area contributed by atoms with Gasteiger partial charge >= 0.3 is 6.03 Å². The van der Waals surface area contributed by atoms with Gasteiger partial charge in [-0.25, -0.2) is 4.79 Å². The van der Waals surface area contributed by atoms with Gasteiger partial charge in [0.1, 0.15) is 6.04 Å². The summed E-state index contributed by atoms with van der Waals surface area (Å²) < 4.78 is 0. The molecule has 0 bridgehead atoms. The van der Waals surface area contributed by atoms with E-state index in [0.717, 1.165) is 19.8 Å². The van der Waals surface area contributed by atoms with E-state index in [1.165, 1.54) is 0 Å². The van der Waals surface area contributed by atoms with Gasteiger partial charge in [0.2, 0.25) is 11.8 Å². The zero-order valence-electron chi connectivity index (χ0n) is 22.7. The molecule has 2 saturated heterocycles. The van der Waals surface area contributed by atoms with E-state index in [2.05, 4.69) is 16.0 Å². The summed E-state index contributed by atoms with van der Waals surface area (Å²) in [5.74, 6) is -1.07. The van der Waals surface area contributed by atoms with Crippen LogP contribution < -0.4 is 16.0 Å². The molecule has 0 radical (unpaired) electrons.